The highest BCUT2D eigenvalue weighted by atomic mass is 16.1. The van der Waals surface area contributed by atoms with Crippen LogP contribution < -0.4 is 10.6 Å². The minimum atomic E-state index is -0.0969. The lowest BCUT2D eigenvalue weighted by atomic mass is 10.2. The standard InChI is InChI=1S/C20H22N4O/c1-14-8-7-9-17(12-14)21-13-19(25)22-20-15(2)23-24(16(20)3)18-10-5-4-6-11-18/h4-12,21H,13H2,1-3H3,(H,22,25). The number of carbonyl (C=O) groups excluding carboxylic acids is 1. The zero-order chi connectivity index (χ0) is 17.8. The fourth-order valence-corrected chi connectivity index (χ4v) is 2.77. The molecule has 3 rings (SSSR count). The number of carbonyl (C=O) groups is 1. The van der Waals surface area contributed by atoms with Crippen molar-refractivity contribution >= 4 is 17.3 Å². The molecule has 1 amide bonds. The lowest BCUT2D eigenvalue weighted by Gasteiger charge is -2.09. The molecule has 0 spiro atoms. The normalized spacial score (nSPS) is 10.5. The molecule has 5 heteroatoms. The minimum Gasteiger partial charge on any atom is -0.376 e. The first-order chi connectivity index (χ1) is 12.0. The third-order valence-electron chi connectivity index (χ3n) is 4.03. The summed E-state index contributed by atoms with van der Waals surface area (Å²) in [4.78, 5) is 12.3. The number of aryl methyl sites for hydroxylation is 2. The SMILES string of the molecule is Cc1cccc(NCC(=O)Nc2c(C)nn(-c3ccccc3)c2C)c1. The number of hydrogen-bond donors (Lipinski definition) is 2. The Balaban J connectivity index is 1.70. The van der Waals surface area contributed by atoms with E-state index in [-0.39, 0.29) is 12.5 Å². The van der Waals surface area contributed by atoms with Gasteiger partial charge in [-0.25, -0.2) is 4.68 Å². The van der Waals surface area contributed by atoms with E-state index in [2.05, 4.69) is 15.7 Å². The first-order valence-corrected chi connectivity index (χ1v) is 8.26. The molecule has 0 atom stereocenters. The summed E-state index contributed by atoms with van der Waals surface area (Å²) in [6, 6.07) is 17.8. The maximum absolute atomic E-state index is 12.3. The molecule has 0 radical (unpaired) electrons. The summed E-state index contributed by atoms with van der Waals surface area (Å²) < 4.78 is 1.85. The van der Waals surface area contributed by atoms with Crippen LogP contribution in [-0.4, -0.2) is 22.2 Å². The molecular formula is C20H22N4O. The van der Waals surface area contributed by atoms with Gasteiger partial charge >= 0.3 is 0 Å². The van der Waals surface area contributed by atoms with Gasteiger partial charge in [0.25, 0.3) is 0 Å². The fraction of sp³-hybridized carbons (Fsp3) is 0.200. The zero-order valence-corrected chi connectivity index (χ0v) is 14.7. The number of aromatic nitrogens is 2. The molecule has 0 bridgehead atoms. The van der Waals surface area contributed by atoms with E-state index in [1.54, 1.807) is 0 Å². The predicted octanol–water partition coefficient (Wildman–Crippen LogP) is 3.85. The van der Waals surface area contributed by atoms with Gasteiger partial charge in [-0.1, -0.05) is 30.3 Å². The summed E-state index contributed by atoms with van der Waals surface area (Å²) >= 11 is 0. The second-order valence-electron chi connectivity index (χ2n) is 6.06. The first kappa shape index (κ1) is 16.8. The Morgan fingerprint density at radius 3 is 2.52 bits per heavy atom. The van der Waals surface area contributed by atoms with Gasteiger partial charge in [-0.3, -0.25) is 4.79 Å². The maximum atomic E-state index is 12.3. The number of para-hydroxylation sites is 1. The average molecular weight is 334 g/mol. The van der Waals surface area contributed by atoms with Crippen molar-refractivity contribution in [3.8, 4) is 5.69 Å². The van der Waals surface area contributed by atoms with E-state index >= 15 is 0 Å². The molecule has 3 aromatic rings. The minimum absolute atomic E-state index is 0.0969. The van der Waals surface area contributed by atoms with E-state index in [4.69, 9.17) is 0 Å². The molecular weight excluding hydrogens is 312 g/mol. The second kappa shape index (κ2) is 7.21. The second-order valence-corrected chi connectivity index (χ2v) is 6.06. The molecule has 0 saturated heterocycles. The van der Waals surface area contributed by atoms with E-state index < -0.39 is 0 Å². The van der Waals surface area contributed by atoms with Crippen molar-refractivity contribution < 1.29 is 4.79 Å². The van der Waals surface area contributed by atoms with Crippen LogP contribution >= 0.6 is 0 Å². The Kier molecular flexibility index (Phi) is 4.84. The summed E-state index contributed by atoms with van der Waals surface area (Å²) in [7, 11) is 0. The van der Waals surface area contributed by atoms with Crippen molar-refractivity contribution in [2.75, 3.05) is 17.2 Å². The number of nitrogens with one attached hydrogen (secondary N) is 2. The van der Waals surface area contributed by atoms with Gasteiger partial charge in [0.2, 0.25) is 5.91 Å². The van der Waals surface area contributed by atoms with E-state index in [1.165, 1.54) is 0 Å². The molecule has 0 unspecified atom stereocenters. The van der Waals surface area contributed by atoms with Crippen molar-refractivity contribution in [2.45, 2.75) is 20.8 Å². The quantitative estimate of drug-likeness (QED) is 0.745. The largest absolute Gasteiger partial charge is 0.376 e. The van der Waals surface area contributed by atoms with Crippen LogP contribution in [0.5, 0.6) is 0 Å². The average Bonchev–Trinajstić information content (AvgIpc) is 2.89. The maximum Gasteiger partial charge on any atom is 0.243 e. The molecule has 1 heterocycles. The van der Waals surface area contributed by atoms with E-state index in [1.807, 2.05) is 80.1 Å². The zero-order valence-electron chi connectivity index (χ0n) is 14.7. The highest BCUT2D eigenvalue weighted by Crippen LogP contribution is 2.22. The molecule has 0 aliphatic rings. The Bertz CT molecular complexity index is 884. The number of benzene rings is 2. The van der Waals surface area contributed by atoms with Crippen molar-refractivity contribution in [1.82, 2.24) is 9.78 Å². The summed E-state index contributed by atoms with van der Waals surface area (Å²) in [6.07, 6.45) is 0. The molecule has 0 fully saturated rings. The van der Waals surface area contributed by atoms with Crippen LogP contribution in [0.4, 0.5) is 11.4 Å². The van der Waals surface area contributed by atoms with Crippen molar-refractivity contribution in [2.24, 2.45) is 0 Å². The molecule has 2 N–H and O–H groups in total. The van der Waals surface area contributed by atoms with Crippen molar-refractivity contribution in [3.63, 3.8) is 0 Å². The third kappa shape index (κ3) is 3.88. The summed E-state index contributed by atoms with van der Waals surface area (Å²) in [6.45, 7) is 6.08. The van der Waals surface area contributed by atoms with Crippen LogP contribution in [0, 0.1) is 20.8 Å². The fourth-order valence-electron chi connectivity index (χ4n) is 2.77. The molecule has 1 aromatic heterocycles. The molecule has 0 saturated carbocycles. The number of hydrogen-bond acceptors (Lipinski definition) is 3. The molecule has 0 aliphatic heterocycles. The summed E-state index contributed by atoms with van der Waals surface area (Å²) in [5.41, 5.74) is 5.53. The van der Waals surface area contributed by atoms with E-state index in [9.17, 15) is 4.79 Å². The van der Waals surface area contributed by atoms with Crippen LogP contribution in [0.15, 0.2) is 54.6 Å². The topological polar surface area (TPSA) is 59.0 Å². The van der Waals surface area contributed by atoms with Crippen LogP contribution in [-0.2, 0) is 4.79 Å². The Labute approximate surface area is 147 Å². The van der Waals surface area contributed by atoms with Gasteiger partial charge in [0.15, 0.2) is 0 Å². The monoisotopic (exact) mass is 334 g/mol. The molecule has 2 aromatic carbocycles. The Hall–Kier alpha value is -3.08. The Morgan fingerprint density at radius 2 is 1.80 bits per heavy atom. The number of amides is 1. The number of rotatable bonds is 5. The molecule has 0 aliphatic carbocycles. The lowest BCUT2D eigenvalue weighted by Crippen LogP contribution is -2.22. The van der Waals surface area contributed by atoms with Crippen molar-refractivity contribution in [3.05, 3.63) is 71.5 Å². The van der Waals surface area contributed by atoms with Crippen LogP contribution in [0.2, 0.25) is 0 Å². The van der Waals surface area contributed by atoms with Gasteiger partial charge in [-0.15, -0.1) is 0 Å². The summed E-state index contributed by atoms with van der Waals surface area (Å²) in [5.74, 6) is -0.0969. The number of nitrogens with zero attached hydrogens (tertiary/aromatic N) is 2. The van der Waals surface area contributed by atoms with Gasteiger partial charge in [0.05, 0.1) is 29.3 Å². The molecule has 128 valence electrons. The first-order valence-electron chi connectivity index (χ1n) is 8.26. The van der Waals surface area contributed by atoms with Gasteiger partial charge in [-0.2, -0.15) is 5.10 Å². The van der Waals surface area contributed by atoms with Gasteiger partial charge < -0.3 is 10.6 Å². The molecule has 25 heavy (non-hydrogen) atoms. The van der Waals surface area contributed by atoms with Gasteiger partial charge in [0, 0.05) is 5.69 Å². The third-order valence-corrected chi connectivity index (χ3v) is 4.03. The highest BCUT2D eigenvalue weighted by molar-refractivity contribution is 5.94. The Morgan fingerprint density at radius 1 is 1.04 bits per heavy atom. The predicted molar refractivity (Wildman–Crippen MR) is 101 cm³/mol. The van der Waals surface area contributed by atoms with Gasteiger partial charge in [0.1, 0.15) is 0 Å². The van der Waals surface area contributed by atoms with Crippen molar-refractivity contribution in [1.29, 1.82) is 0 Å². The molecule has 5 nitrogen and oxygen atoms in total. The smallest absolute Gasteiger partial charge is 0.243 e. The van der Waals surface area contributed by atoms with E-state index in [0.717, 1.165) is 34.0 Å². The van der Waals surface area contributed by atoms with Gasteiger partial charge in [-0.05, 0) is 50.6 Å². The lowest BCUT2D eigenvalue weighted by molar-refractivity contribution is -0.114. The number of anilines is 2. The highest BCUT2D eigenvalue weighted by Gasteiger charge is 2.15. The van der Waals surface area contributed by atoms with Crippen LogP contribution in [0.25, 0.3) is 5.69 Å². The van der Waals surface area contributed by atoms with Crippen LogP contribution in [0.1, 0.15) is 17.0 Å². The summed E-state index contributed by atoms with van der Waals surface area (Å²) in [5, 5.41) is 10.7. The van der Waals surface area contributed by atoms with E-state index in [0.29, 0.717) is 0 Å². The van der Waals surface area contributed by atoms with Crippen LogP contribution in [0.3, 0.4) is 0 Å².